The molecular formula is C33H32N6O3. The second-order valence-electron chi connectivity index (χ2n) is 10.7. The first-order valence-corrected chi connectivity index (χ1v) is 14.4. The molecule has 2 aromatic heterocycles. The van der Waals surface area contributed by atoms with Crippen LogP contribution in [0.15, 0.2) is 91.1 Å². The number of aryl methyl sites for hydroxylation is 2. The van der Waals surface area contributed by atoms with E-state index in [4.69, 9.17) is 24.5 Å². The lowest BCUT2D eigenvalue weighted by Crippen LogP contribution is -2.54. The van der Waals surface area contributed by atoms with E-state index in [9.17, 15) is 4.79 Å². The lowest BCUT2D eigenvalue weighted by atomic mass is 10.1. The van der Waals surface area contributed by atoms with Gasteiger partial charge in [0.25, 0.3) is 5.91 Å². The molecule has 42 heavy (non-hydrogen) atoms. The van der Waals surface area contributed by atoms with Crippen LogP contribution in [0.3, 0.4) is 0 Å². The van der Waals surface area contributed by atoms with E-state index in [1.54, 1.807) is 0 Å². The van der Waals surface area contributed by atoms with Crippen molar-refractivity contribution in [1.29, 1.82) is 0 Å². The molecule has 1 atom stereocenters. The Hall–Kier alpha value is -4.92. The number of carbonyl (C=O) groups is 1. The van der Waals surface area contributed by atoms with Gasteiger partial charge in [0.2, 0.25) is 6.10 Å². The minimum absolute atomic E-state index is 0.0452. The minimum atomic E-state index is -0.641. The van der Waals surface area contributed by atoms with Crippen molar-refractivity contribution in [3.8, 4) is 11.5 Å². The Morgan fingerprint density at radius 3 is 2.24 bits per heavy atom. The molecule has 0 aliphatic carbocycles. The number of benzene rings is 3. The van der Waals surface area contributed by atoms with Gasteiger partial charge in [0, 0.05) is 32.6 Å². The average Bonchev–Trinajstić information content (AvgIpc) is 3.46. The predicted octanol–water partition coefficient (Wildman–Crippen LogP) is 4.15. The van der Waals surface area contributed by atoms with Gasteiger partial charge in [0.05, 0.1) is 18.1 Å². The quantitative estimate of drug-likeness (QED) is 0.296. The smallest absolute Gasteiger partial charge is 0.267 e. The molecular weight excluding hydrogens is 528 g/mol. The van der Waals surface area contributed by atoms with Crippen molar-refractivity contribution in [1.82, 2.24) is 24.6 Å². The zero-order chi connectivity index (χ0) is 28.3. The molecule has 0 bridgehead atoms. The van der Waals surface area contributed by atoms with Gasteiger partial charge in [-0.25, -0.2) is 14.6 Å². The summed E-state index contributed by atoms with van der Waals surface area (Å²) in [5.41, 5.74) is 3.25. The normalized spacial score (nSPS) is 16.5. The number of fused-ring (bicyclic) bond motifs is 2. The van der Waals surface area contributed by atoms with Gasteiger partial charge < -0.3 is 19.3 Å². The lowest BCUT2D eigenvalue weighted by Gasteiger charge is -2.37. The molecule has 4 heterocycles. The van der Waals surface area contributed by atoms with E-state index in [1.165, 1.54) is 5.56 Å². The van der Waals surface area contributed by atoms with Gasteiger partial charge in [-0.05, 0) is 29.7 Å². The van der Waals surface area contributed by atoms with Crippen molar-refractivity contribution >= 4 is 22.8 Å². The van der Waals surface area contributed by atoms with Gasteiger partial charge in [-0.1, -0.05) is 72.8 Å². The van der Waals surface area contributed by atoms with Crippen LogP contribution in [0.5, 0.6) is 11.5 Å². The summed E-state index contributed by atoms with van der Waals surface area (Å²) < 4.78 is 13.7. The number of nitrogens with zero attached hydrogens (tertiary/aromatic N) is 6. The molecule has 212 valence electrons. The maximum absolute atomic E-state index is 13.3. The number of piperazine rings is 1. The molecule has 1 amide bonds. The molecule has 0 N–H and O–H groups in total. The first kappa shape index (κ1) is 26.0. The zero-order valence-electron chi connectivity index (χ0n) is 23.3. The van der Waals surface area contributed by atoms with Crippen LogP contribution >= 0.6 is 0 Å². The van der Waals surface area contributed by atoms with Crippen LogP contribution in [-0.2, 0) is 24.2 Å². The van der Waals surface area contributed by atoms with Gasteiger partial charge in [-0.15, -0.1) is 0 Å². The Bertz CT molecular complexity index is 1680. The van der Waals surface area contributed by atoms with Crippen LogP contribution in [0.1, 0.15) is 17.0 Å². The molecule has 1 fully saturated rings. The first-order valence-electron chi connectivity index (χ1n) is 14.4. The van der Waals surface area contributed by atoms with Crippen LogP contribution in [0.4, 0.5) is 5.82 Å². The van der Waals surface area contributed by atoms with Crippen molar-refractivity contribution < 1.29 is 14.3 Å². The molecule has 1 unspecified atom stereocenters. The fourth-order valence-corrected chi connectivity index (χ4v) is 5.59. The van der Waals surface area contributed by atoms with E-state index in [-0.39, 0.29) is 12.5 Å². The molecule has 2 aliphatic rings. The summed E-state index contributed by atoms with van der Waals surface area (Å²) in [4.78, 5) is 27.5. The number of rotatable bonds is 7. The third kappa shape index (κ3) is 5.37. The molecule has 7 rings (SSSR count). The Labute approximate surface area is 244 Å². The third-order valence-electron chi connectivity index (χ3n) is 7.85. The van der Waals surface area contributed by atoms with Gasteiger partial charge in [-0.2, -0.15) is 5.10 Å². The monoisotopic (exact) mass is 560 g/mol. The molecule has 0 spiro atoms. The number of amides is 1. The highest BCUT2D eigenvalue weighted by atomic mass is 16.6. The van der Waals surface area contributed by atoms with E-state index >= 15 is 0 Å². The standard InChI is InChI=1S/C33H32N6O3/c40-33(29-23-41-27-13-7-8-14-28(27)42-29)38-19-17-37(18-20-38)31-26-21-34-39(22-25-11-5-2-6-12-25)32(26)36-30(35-31)16-15-24-9-3-1-4-10-24/h1-14,21,29H,15-20,22-23H2. The highest BCUT2D eigenvalue weighted by Crippen LogP contribution is 2.32. The highest BCUT2D eigenvalue weighted by Gasteiger charge is 2.33. The van der Waals surface area contributed by atoms with E-state index in [0.717, 1.165) is 41.1 Å². The van der Waals surface area contributed by atoms with E-state index in [0.29, 0.717) is 44.2 Å². The van der Waals surface area contributed by atoms with Gasteiger partial charge in [0.15, 0.2) is 17.1 Å². The van der Waals surface area contributed by atoms with E-state index < -0.39 is 6.10 Å². The minimum Gasteiger partial charge on any atom is -0.485 e. The first-order chi connectivity index (χ1) is 20.7. The number of para-hydroxylation sites is 2. The SMILES string of the molecule is O=C(C1COc2ccccc2O1)N1CCN(c2nc(CCc3ccccc3)nc3c2cnn3Cc2ccccc2)CC1. The highest BCUT2D eigenvalue weighted by molar-refractivity contribution is 5.87. The molecule has 9 heteroatoms. The van der Waals surface area contributed by atoms with Gasteiger partial charge in [-0.3, -0.25) is 4.79 Å². The summed E-state index contributed by atoms with van der Waals surface area (Å²) in [5, 5.41) is 5.65. The predicted molar refractivity (Wildman–Crippen MR) is 160 cm³/mol. The molecule has 9 nitrogen and oxygen atoms in total. The van der Waals surface area contributed by atoms with Crippen LogP contribution in [0, 0.1) is 0 Å². The van der Waals surface area contributed by atoms with Crippen molar-refractivity contribution in [3.63, 3.8) is 0 Å². The van der Waals surface area contributed by atoms with Gasteiger partial charge >= 0.3 is 0 Å². The molecule has 2 aliphatic heterocycles. The summed E-state index contributed by atoms with van der Waals surface area (Å²) in [6.07, 6.45) is 2.81. The number of hydrogen-bond acceptors (Lipinski definition) is 7. The number of aromatic nitrogens is 4. The Morgan fingerprint density at radius 2 is 1.48 bits per heavy atom. The fraction of sp³-hybridized carbons (Fsp3) is 0.273. The Morgan fingerprint density at radius 1 is 0.786 bits per heavy atom. The second-order valence-corrected chi connectivity index (χ2v) is 10.7. The van der Waals surface area contributed by atoms with Crippen LogP contribution in [0.2, 0.25) is 0 Å². The number of hydrogen-bond donors (Lipinski definition) is 0. The number of carbonyl (C=O) groups excluding carboxylic acids is 1. The van der Waals surface area contributed by atoms with Crippen molar-refractivity contribution in [3.05, 3.63) is 108 Å². The van der Waals surface area contributed by atoms with E-state index in [1.807, 2.05) is 64.3 Å². The summed E-state index contributed by atoms with van der Waals surface area (Å²) in [6.45, 7) is 3.31. The average molecular weight is 561 g/mol. The summed E-state index contributed by atoms with van der Waals surface area (Å²) in [6, 6.07) is 28.2. The summed E-state index contributed by atoms with van der Waals surface area (Å²) in [5.74, 6) is 2.91. The maximum atomic E-state index is 13.3. The van der Waals surface area contributed by atoms with Crippen LogP contribution in [0.25, 0.3) is 11.0 Å². The van der Waals surface area contributed by atoms with Crippen LogP contribution in [-0.4, -0.2) is 69.4 Å². The Kier molecular flexibility index (Phi) is 7.13. The molecule has 5 aromatic rings. The summed E-state index contributed by atoms with van der Waals surface area (Å²) >= 11 is 0. The molecule has 3 aromatic carbocycles. The number of ether oxygens (including phenoxy) is 2. The van der Waals surface area contributed by atoms with Crippen molar-refractivity contribution in [2.75, 3.05) is 37.7 Å². The largest absolute Gasteiger partial charge is 0.485 e. The maximum Gasteiger partial charge on any atom is 0.267 e. The number of anilines is 1. The molecule has 0 radical (unpaired) electrons. The lowest BCUT2D eigenvalue weighted by molar-refractivity contribution is -0.141. The molecule has 1 saturated heterocycles. The van der Waals surface area contributed by atoms with Gasteiger partial charge in [0.1, 0.15) is 18.2 Å². The third-order valence-corrected chi connectivity index (χ3v) is 7.85. The fourth-order valence-electron chi connectivity index (χ4n) is 5.59. The van der Waals surface area contributed by atoms with E-state index in [2.05, 4.69) is 41.3 Å². The Balaban J connectivity index is 1.11. The second kappa shape index (κ2) is 11.5. The van der Waals surface area contributed by atoms with Crippen molar-refractivity contribution in [2.45, 2.75) is 25.5 Å². The zero-order valence-corrected chi connectivity index (χ0v) is 23.3. The van der Waals surface area contributed by atoms with Crippen LogP contribution < -0.4 is 14.4 Å². The van der Waals surface area contributed by atoms with Crippen molar-refractivity contribution in [2.24, 2.45) is 0 Å². The topological polar surface area (TPSA) is 85.6 Å². The molecule has 0 saturated carbocycles. The summed E-state index contributed by atoms with van der Waals surface area (Å²) in [7, 11) is 0.